The van der Waals surface area contributed by atoms with Crippen LogP contribution in [0.5, 0.6) is 11.5 Å². The molecule has 0 fully saturated rings. The molecule has 0 saturated heterocycles. The van der Waals surface area contributed by atoms with Crippen molar-refractivity contribution in [3.05, 3.63) is 71.7 Å². The van der Waals surface area contributed by atoms with Gasteiger partial charge < -0.3 is 14.8 Å². The van der Waals surface area contributed by atoms with Crippen molar-refractivity contribution in [1.82, 2.24) is 9.97 Å². The van der Waals surface area contributed by atoms with E-state index in [1.807, 2.05) is 6.07 Å². The number of anilines is 2. The molecule has 4 rings (SSSR count). The molecule has 0 bridgehead atoms. The van der Waals surface area contributed by atoms with E-state index in [4.69, 9.17) is 9.47 Å². The Labute approximate surface area is 185 Å². The standard InChI is InChI=1S/C22H20N4O5S/c1-14-11-21(24-15(2)23-14)26-32(28,29)18-7-5-17(6-8-18)25-22(27)10-4-16-3-9-19-20(12-16)31-13-30-19/h3-12H,13H2,1-2H3,(H,25,27)(H,23,24,26)/b10-4-. The number of fused-ring (bicyclic) bond motifs is 1. The van der Waals surface area contributed by atoms with Crippen LogP contribution in [0.25, 0.3) is 6.08 Å². The molecule has 1 aliphatic heterocycles. The number of ether oxygens (including phenoxy) is 2. The lowest BCUT2D eigenvalue weighted by Crippen LogP contribution is -2.15. The van der Waals surface area contributed by atoms with E-state index >= 15 is 0 Å². The van der Waals surface area contributed by atoms with Gasteiger partial charge in [-0.05, 0) is 61.9 Å². The van der Waals surface area contributed by atoms with Crippen LogP contribution in [0.1, 0.15) is 17.1 Å². The molecular formula is C22H20N4O5S. The fourth-order valence-electron chi connectivity index (χ4n) is 3.06. The quantitative estimate of drug-likeness (QED) is 0.551. The van der Waals surface area contributed by atoms with Crippen LogP contribution in [0.4, 0.5) is 11.5 Å². The van der Waals surface area contributed by atoms with Crippen molar-refractivity contribution >= 4 is 33.5 Å². The van der Waals surface area contributed by atoms with E-state index in [1.54, 1.807) is 38.1 Å². The summed E-state index contributed by atoms with van der Waals surface area (Å²) in [6.07, 6.45) is 3.02. The van der Waals surface area contributed by atoms with E-state index < -0.39 is 10.0 Å². The number of amides is 1. The van der Waals surface area contributed by atoms with Gasteiger partial charge in [-0.3, -0.25) is 9.52 Å². The van der Waals surface area contributed by atoms with Crippen LogP contribution >= 0.6 is 0 Å². The number of sulfonamides is 1. The maximum atomic E-state index is 12.6. The summed E-state index contributed by atoms with van der Waals surface area (Å²) in [5.41, 5.74) is 1.90. The molecule has 1 amide bonds. The van der Waals surface area contributed by atoms with Crippen LogP contribution in [-0.2, 0) is 14.8 Å². The molecule has 0 atom stereocenters. The van der Waals surface area contributed by atoms with Gasteiger partial charge in [0, 0.05) is 23.5 Å². The Bertz CT molecular complexity index is 1280. The molecule has 9 nitrogen and oxygen atoms in total. The van der Waals surface area contributed by atoms with Crippen molar-refractivity contribution < 1.29 is 22.7 Å². The monoisotopic (exact) mass is 452 g/mol. The van der Waals surface area contributed by atoms with Gasteiger partial charge in [-0.25, -0.2) is 18.4 Å². The van der Waals surface area contributed by atoms with Gasteiger partial charge >= 0.3 is 0 Å². The highest BCUT2D eigenvalue weighted by molar-refractivity contribution is 7.92. The van der Waals surface area contributed by atoms with Crippen molar-refractivity contribution in [2.45, 2.75) is 18.7 Å². The zero-order valence-corrected chi connectivity index (χ0v) is 18.1. The Morgan fingerprint density at radius 2 is 1.75 bits per heavy atom. The highest BCUT2D eigenvalue weighted by Crippen LogP contribution is 2.32. The number of carbonyl (C=O) groups is 1. The van der Waals surface area contributed by atoms with E-state index in [0.717, 1.165) is 5.56 Å². The summed E-state index contributed by atoms with van der Waals surface area (Å²) >= 11 is 0. The minimum Gasteiger partial charge on any atom is -0.454 e. The van der Waals surface area contributed by atoms with Crippen LogP contribution in [0.3, 0.4) is 0 Å². The second-order valence-corrected chi connectivity index (χ2v) is 8.69. The third kappa shape index (κ3) is 5.03. The van der Waals surface area contributed by atoms with Gasteiger partial charge in [0.1, 0.15) is 11.6 Å². The first kappa shape index (κ1) is 21.3. The molecule has 1 aliphatic rings. The summed E-state index contributed by atoms with van der Waals surface area (Å²) in [4.78, 5) is 20.5. The van der Waals surface area contributed by atoms with E-state index in [2.05, 4.69) is 20.0 Å². The van der Waals surface area contributed by atoms with Gasteiger partial charge in [-0.1, -0.05) is 6.07 Å². The second kappa shape index (κ2) is 8.67. The van der Waals surface area contributed by atoms with Gasteiger partial charge in [0.15, 0.2) is 11.5 Å². The highest BCUT2D eigenvalue weighted by Gasteiger charge is 2.16. The molecule has 164 valence electrons. The Morgan fingerprint density at radius 3 is 2.50 bits per heavy atom. The number of aryl methyl sites for hydroxylation is 2. The fourth-order valence-corrected chi connectivity index (χ4v) is 4.05. The molecule has 3 aromatic rings. The topological polar surface area (TPSA) is 120 Å². The summed E-state index contributed by atoms with van der Waals surface area (Å²) in [6.45, 7) is 3.62. The molecule has 1 aromatic heterocycles. The Kier molecular flexibility index (Phi) is 5.78. The molecule has 0 radical (unpaired) electrons. The molecule has 0 aliphatic carbocycles. The molecule has 2 heterocycles. The average Bonchev–Trinajstić information content (AvgIpc) is 3.19. The zero-order chi connectivity index (χ0) is 22.7. The average molecular weight is 452 g/mol. The van der Waals surface area contributed by atoms with Gasteiger partial charge in [-0.2, -0.15) is 0 Å². The molecule has 0 saturated carbocycles. The number of rotatable bonds is 6. The summed E-state index contributed by atoms with van der Waals surface area (Å²) in [5, 5.41) is 2.69. The predicted molar refractivity (Wildman–Crippen MR) is 119 cm³/mol. The lowest BCUT2D eigenvalue weighted by atomic mass is 10.2. The number of carbonyl (C=O) groups excluding carboxylic acids is 1. The number of aromatic nitrogens is 2. The lowest BCUT2D eigenvalue weighted by Gasteiger charge is -2.09. The van der Waals surface area contributed by atoms with Gasteiger partial charge in [0.05, 0.1) is 4.90 Å². The summed E-state index contributed by atoms with van der Waals surface area (Å²) in [5.74, 6) is 1.60. The number of nitrogens with zero attached hydrogens (tertiary/aromatic N) is 2. The third-order valence-corrected chi connectivity index (χ3v) is 5.83. The van der Waals surface area contributed by atoms with Crippen molar-refractivity contribution in [1.29, 1.82) is 0 Å². The number of benzene rings is 2. The minimum absolute atomic E-state index is 0.0420. The smallest absolute Gasteiger partial charge is 0.263 e. The van der Waals surface area contributed by atoms with Crippen molar-refractivity contribution in [2.75, 3.05) is 16.8 Å². The highest BCUT2D eigenvalue weighted by atomic mass is 32.2. The molecule has 2 aromatic carbocycles. The first-order chi connectivity index (χ1) is 15.3. The molecule has 2 N–H and O–H groups in total. The first-order valence-electron chi connectivity index (χ1n) is 9.62. The summed E-state index contributed by atoms with van der Waals surface area (Å²) in [7, 11) is -3.83. The van der Waals surface area contributed by atoms with Crippen molar-refractivity contribution in [3.8, 4) is 11.5 Å². The lowest BCUT2D eigenvalue weighted by molar-refractivity contribution is -0.111. The molecule has 0 unspecified atom stereocenters. The number of nitrogens with one attached hydrogen (secondary N) is 2. The van der Waals surface area contributed by atoms with E-state index in [9.17, 15) is 13.2 Å². The summed E-state index contributed by atoms with van der Waals surface area (Å²) in [6, 6.07) is 12.7. The van der Waals surface area contributed by atoms with Crippen LogP contribution in [0, 0.1) is 13.8 Å². The van der Waals surface area contributed by atoms with Crippen LogP contribution in [-0.4, -0.2) is 31.1 Å². The van der Waals surface area contributed by atoms with Gasteiger partial charge in [0.25, 0.3) is 10.0 Å². The molecular weight excluding hydrogens is 432 g/mol. The van der Waals surface area contributed by atoms with E-state index in [-0.39, 0.29) is 23.4 Å². The van der Waals surface area contributed by atoms with Crippen LogP contribution in [0.15, 0.2) is 59.5 Å². The van der Waals surface area contributed by atoms with Crippen LogP contribution < -0.4 is 19.5 Å². The fraction of sp³-hybridized carbons (Fsp3) is 0.136. The Balaban J connectivity index is 1.40. The molecule has 32 heavy (non-hydrogen) atoms. The summed E-state index contributed by atoms with van der Waals surface area (Å²) < 4.78 is 38.2. The number of hydrogen-bond acceptors (Lipinski definition) is 7. The minimum atomic E-state index is -3.83. The Morgan fingerprint density at radius 1 is 1.00 bits per heavy atom. The molecule has 10 heteroatoms. The SMILES string of the molecule is Cc1cc(NS(=O)(=O)c2ccc(NC(=O)/C=C\c3ccc4c(c3)OCO4)cc2)nc(C)n1. The van der Waals surface area contributed by atoms with E-state index in [1.165, 1.54) is 30.3 Å². The first-order valence-corrected chi connectivity index (χ1v) is 11.1. The predicted octanol–water partition coefficient (Wildman–Crippen LogP) is 3.27. The maximum Gasteiger partial charge on any atom is 0.263 e. The van der Waals surface area contributed by atoms with Crippen LogP contribution in [0.2, 0.25) is 0 Å². The van der Waals surface area contributed by atoms with Crippen molar-refractivity contribution in [3.63, 3.8) is 0 Å². The van der Waals surface area contributed by atoms with E-state index in [0.29, 0.717) is 28.7 Å². The van der Waals surface area contributed by atoms with Gasteiger partial charge in [-0.15, -0.1) is 0 Å². The Hall–Kier alpha value is -3.92. The van der Waals surface area contributed by atoms with Gasteiger partial charge in [0.2, 0.25) is 12.7 Å². The van der Waals surface area contributed by atoms with Crippen molar-refractivity contribution in [2.24, 2.45) is 0 Å². The maximum absolute atomic E-state index is 12.6. The zero-order valence-electron chi connectivity index (χ0n) is 17.3. The molecule has 0 spiro atoms. The largest absolute Gasteiger partial charge is 0.454 e. The normalized spacial score (nSPS) is 12.7. The number of hydrogen-bond donors (Lipinski definition) is 2. The third-order valence-electron chi connectivity index (χ3n) is 4.46. The second-order valence-electron chi connectivity index (χ2n) is 7.01.